The van der Waals surface area contributed by atoms with Crippen LogP contribution in [-0.4, -0.2) is 27.2 Å². The molecule has 0 aliphatic carbocycles. The Morgan fingerprint density at radius 1 is 1.08 bits per heavy atom. The normalized spacial score (nSPS) is 13.5. The van der Waals surface area contributed by atoms with Crippen LogP contribution in [0.25, 0.3) is 0 Å². The maximum Gasteiger partial charge on any atom is 0.247 e. The van der Waals surface area contributed by atoms with Crippen LogP contribution in [0.15, 0.2) is 23.3 Å². The van der Waals surface area contributed by atoms with E-state index in [0.717, 1.165) is 18.4 Å². The number of benzene rings is 1. The van der Waals surface area contributed by atoms with Gasteiger partial charge in [-0.25, -0.2) is 13.2 Å². The van der Waals surface area contributed by atoms with E-state index in [2.05, 4.69) is 16.9 Å². The molecule has 0 spiro atoms. The first kappa shape index (κ1) is 18.6. The summed E-state index contributed by atoms with van der Waals surface area (Å²) in [6.45, 7) is 2.39. The molecule has 1 aromatic rings. The number of ether oxygens (including phenoxy) is 2. The Hall–Kier alpha value is -1.76. The topological polar surface area (TPSA) is 77.0 Å². The first-order valence-electron chi connectivity index (χ1n) is 8.53. The number of sulfonamides is 1. The van der Waals surface area contributed by atoms with Gasteiger partial charge in [0, 0.05) is 0 Å². The predicted molar refractivity (Wildman–Crippen MR) is 95.1 cm³/mol. The number of hydrogen-bond acceptors (Lipinski definition) is 5. The molecule has 0 saturated heterocycles. The number of rotatable bonds is 11. The van der Waals surface area contributed by atoms with Gasteiger partial charge < -0.3 is 9.47 Å². The van der Waals surface area contributed by atoms with Crippen molar-refractivity contribution in [3.63, 3.8) is 0 Å². The molecule has 1 aromatic carbocycles. The molecule has 6 nitrogen and oxygen atoms in total. The van der Waals surface area contributed by atoms with E-state index >= 15 is 0 Å². The second-order valence-corrected chi connectivity index (χ2v) is 7.72. The average molecular weight is 354 g/mol. The van der Waals surface area contributed by atoms with Gasteiger partial charge in [0.05, 0.1) is 12.0 Å². The maximum absolute atomic E-state index is 11.9. The van der Waals surface area contributed by atoms with Gasteiger partial charge in [0.25, 0.3) is 0 Å². The zero-order chi connectivity index (χ0) is 17.3. The highest BCUT2D eigenvalue weighted by Crippen LogP contribution is 2.31. The summed E-state index contributed by atoms with van der Waals surface area (Å²) in [5.41, 5.74) is 0.748. The Labute approximate surface area is 144 Å². The van der Waals surface area contributed by atoms with Gasteiger partial charge in [0.15, 0.2) is 11.5 Å². The molecule has 0 saturated carbocycles. The molecule has 0 bridgehead atoms. The summed E-state index contributed by atoms with van der Waals surface area (Å²) in [6.07, 6.45) is 9.07. The number of hydrazone groups is 1. The van der Waals surface area contributed by atoms with E-state index in [4.69, 9.17) is 9.47 Å². The van der Waals surface area contributed by atoms with Crippen molar-refractivity contribution in [3.8, 4) is 11.5 Å². The molecule has 1 aliphatic rings. The first-order valence-corrected chi connectivity index (χ1v) is 10.2. The van der Waals surface area contributed by atoms with Gasteiger partial charge in [-0.15, -0.1) is 0 Å². The molecule has 0 unspecified atom stereocenters. The molecular formula is C17H26N2O4S. The lowest BCUT2D eigenvalue weighted by Crippen LogP contribution is -2.21. The summed E-state index contributed by atoms with van der Waals surface area (Å²) in [5.74, 6) is 1.44. The number of hydrogen-bond donors (Lipinski definition) is 1. The summed E-state index contributed by atoms with van der Waals surface area (Å²) < 4.78 is 34.2. The minimum atomic E-state index is -3.36. The summed E-state index contributed by atoms with van der Waals surface area (Å²) >= 11 is 0. The van der Waals surface area contributed by atoms with Crippen LogP contribution >= 0.6 is 0 Å². The Bertz CT molecular complexity index is 644. The fourth-order valence-corrected chi connectivity index (χ4v) is 3.36. The Morgan fingerprint density at radius 3 is 2.58 bits per heavy atom. The number of nitrogens with one attached hydrogen (secondary N) is 1. The Morgan fingerprint density at radius 2 is 1.79 bits per heavy atom. The Balaban J connectivity index is 1.68. The SMILES string of the molecule is CCCCCCCCCS(=O)(=O)N/N=C\c1ccc2c(c1)OCO2. The molecule has 24 heavy (non-hydrogen) atoms. The number of nitrogens with zero attached hydrogens (tertiary/aromatic N) is 1. The van der Waals surface area contributed by atoms with Gasteiger partial charge in [0.1, 0.15) is 0 Å². The number of fused-ring (bicyclic) bond motifs is 1. The quantitative estimate of drug-likeness (QED) is 0.375. The van der Waals surface area contributed by atoms with Crippen LogP contribution in [0.3, 0.4) is 0 Å². The fraction of sp³-hybridized carbons (Fsp3) is 0.588. The van der Waals surface area contributed by atoms with Gasteiger partial charge in [-0.2, -0.15) is 5.10 Å². The van der Waals surface area contributed by atoms with E-state index in [9.17, 15) is 8.42 Å². The van der Waals surface area contributed by atoms with Crippen molar-refractivity contribution in [1.82, 2.24) is 4.83 Å². The largest absolute Gasteiger partial charge is 0.454 e. The molecule has 1 aliphatic heterocycles. The molecule has 2 rings (SSSR count). The van der Waals surface area contributed by atoms with Gasteiger partial charge >= 0.3 is 0 Å². The van der Waals surface area contributed by atoms with E-state index in [0.29, 0.717) is 17.9 Å². The molecule has 0 fully saturated rings. The summed E-state index contributed by atoms with van der Waals surface area (Å²) in [6, 6.07) is 5.33. The highest BCUT2D eigenvalue weighted by atomic mass is 32.2. The van der Waals surface area contributed by atoms with Gasteiger partial charge in [0.2, 0.25) is 16.8 Å². The highest BCUT2D eigenvalue weighted by Gasteiger charge is 2.12. The molecule has 1 N–H and O–H groups in total. The second kappa shape index (κ2) is 9.52. The highest BCUT2D eigenvalue weighted by molar-refractivity contribution is 7.89. The summed E-state index contributed by atoms with van der Waals surface area (Å²) in [4.78, 5) is 2.26. The van der Waals surface area contributed by atoms with Crippen LogP contribution in [-0.2, 0) is 10.0 Å². The smallest absolute Gasteiger partial charge is 0.247 e. The molecule has 134 valence electrons. The third-order valence-corrected chi connectivity index (χ3v) is 5.03. The zero-order valence-corrected chi connectivity index (χ0v) is 15.0. The van der Waals surface area contributed by atoms with Crippen molar-refractivity contribution in [1.29, 1.82) is 0 Å². The van der Waals surface area contributed by atoms with Gasteiger partial charge in [-0.1, -0.05) is 45.4 Å². The van der Waals surface area contributed by atoms with Gasteiger partial charge in [-0.3, -0.25) is 0 Å². The fourth-order valence-electron chi connectivity index (χ4n) is 2.47. The minimum Gasteiger partial charge on any atom is -0.454 e. The van der Waals surface area contributed by atoms with Crippen LogP contribution in [0.1, 0.15) is 57.4 Å². The van der Waals surface area contributed by atoms with E-state index in [-0.39, 0.29) is 12.5 Å². The van der Waals surface area contributed by atoms with E-state index in [1.54, 1.807) is 18.2 Å². The van der Waals surface area contributed by atoms with Crippen molar-refractivity contribution in [3.05, 3.63) is 23.8 Å². The monoisotopic (exact) mass is 354 g/mol. The van der Waals surface area contributed by atoms with Crippen LogP contribution in [0.2, 0.25) is 0 Å². The van der Waals surface area contributed by atoms with Crippen molar-refractivity contribution in [2.24, 2.45) is 5.10 Å². The van der Waals surface area contributed by atoms with E-state index < -0.39 is 10.0 Å². The third-order valence-electron chi connectivity index (χ3n) is 3.82. The van der Waals surface area contributed by atoms with E-state index in [1.165, 1.54) is 31.9 Å². The first-order chi connectivity index (χ1) is 11.6. The van der Waals surface area contributed by atoms with Crippen molar-refractivity contribution in [2.45, 2.75) is 51.9 Å². The minimum absolute atomic E-state index is 0.110. The van der Waals surface area contributed by atoms with Gasteiger partial charge in [-0.05, 0) is 30.2 Å². The van der Waals surface area contributed by atoms with Crippen LogP contribution < -0.4 is 14.3 Å². The molecule has 0 amide bonds. The Kier molecular flexibility index (Phi) is 7.36. The average Bonchev–Trinajstić information content (AvgIpc) is 3.01. The van der Waals surface area contributed by atoms with Crippen molar-refractivity contribution < 1.29 is 17.9 Å². The summed E-state index contributed by atoms with van der Waals surface area (Å²) in [7, 11) is -3.36. The molecule has 1 heterocycles. The molecule has 7 heteroatoms. The maximum atomic E-state index is 11.9. The lowest BCUT2D eigenvalue weighted by molar-refractivity contribution is 0.174. The molecule has 0 atom stereocenters. The standard InChI is InChI=1S/C17H26N2O4S/c1-2-3-4-5-6-7-8-11-24(20,21)19-18-13-15-9-10-16-17(12-15)23-14-22-16/h9-10,12-13,19H,2-8,11,14H2,1H3/b18-13-. The lowest BCUT2D eigenvalue weighted by atomic mass is 10.1. The lowest BCUT2D eigenvalue weighted by Gasteiger charge is -2.04. The molecule has 0 radical (unpaired) electrons. The van der Waals surface area contributed by atoms with E-state index in [1.807, 2.05) is 0 Å². The van der Waals surface area contributed by atoms with Crippen LogP contribution in [0.5, 0.6) is 11.5 Å². The van der Waals surface area contributed by atoms with Crippen molar-refractivity contribution >= 4 is 16.2 Å². The second-order valence-electron chi connectivity index (χ2n) is 5.90. The summed E-state index contributed by atoms with van der Waals surface area (Å²) in [5, 5.41) is 3.82. The van der Waals surface area contributed by atoms with Crippen LogP contribution in [0.4, 0.5) is 0 Å². The molecule has 0 aromatic heterocycles. The molecular weight excluding hydrogens is 328 g/mol. The zero-order valence-electron chi connectivity index (χ0n) is 14.2. The third kappa shape index (κ3) is 6.39. The van der Waals surface area contributed by atoms with Crippen LogP contribution in [0, 0.1) is 0 Å². The number of unbranched alkanes of at least 4 members (excludes halogenated alkanes) is 6. The predicted octanol–water partition coefficient (Wildman–Crippen LogP) is 3.42. The van der Waals surface area contributed by atoms with Crippen molar-refractivity contribution in [2.75, 3.05) is 12.5 Å².